The SMILES string of the molecule is CNC(=O)[C@@H]1Cc2ccc(OC)c(c2)Oc2ccc(cc2)CCC[C@H](C(=O)NO)[C@@H](CC(C)C)C(=O)N1. The van der Waals surface area contributed by atoms with Crippen molar-refractivity contribution in [1.29, 1.82) is 0 Å². The second-order valence-electron chi connectivity index (χ2n) is 9.82. The number of aryl methyl sites for hydroxylation is 1. The van der Waals surface area contributed by atoms with Gasteiger partial charge in [-0.25, -0.2) is 5.48 Å². The summed E-state index contributed by atoms with van der Waals surface area (Å²) in [6.07, 6.45) is 2.35. The molecule has 4 rings (SSSR count). The molecular weight excluding hydrogens is 474 g/mol. The van der Waals surface area contributed by atoms with Crippen molar-refractivity contribution in [2.45, 2.75) is 52.0 Å². The number of nitrogens with one attached hydrogen (secondary N) is 3. The number of ether oxygens (including phenoxy) is 2. The zero-order valence-corrected chi connectivity index (χ0v) is 21.9. The summed E-state index contributed by atoms with van der Waals surface area (Å²) in [5.74, 6) is -1.02. The lowest BCUT2D eigenvalue weighted by Crippen LogP contribution is -2.51. The molecule has 37 heavy (non-hydrogen) atoms. The first-order valence-electron chi connectivity index (χ1n) is 12.6. The molecule has 9 nitrogen and oxygen atoms in total. The Morgan fingerprint density at radius 2 is 1.84 bits per heavy atom. The van der Waals surface area contributed by atoms with Gasteiger partial charge in [0.1, 0.15) is 11.8 Å². The normalized spacial score (nSPS) is 20.4. The molecule has 0 radical (unpaired) electrons. The van der Waals surface area contributed by atoms with Crippen LogP contribution in [0.3, 0.4) is 0 Å². The fourth-order valence-electron chi connectivity index (χ4n) is 4.76. The summed E-state index contributed by atoms with van der Waals surface area (Å²) >= 11 is 0. The van der Waals surface area contributed by atoms with Gasteiger partial charge in [-0.15, -0.1) is 0 Å². The standard InChI is InChI=1S/C28H37N3O6/c1-17(2)14-22-21(27(33)31-35)7-5-6-18-8-11-20(12-9-18)37-25-16-19(10-13-24(25)36-4)15-23(28(34)29-3)30-26(22)32/h8-13,16-17,21-23,35H,5-7,14-15H2,1-4H3,(H,29,34)(H,30,32)(H,31,33)/t21-,22+,23-/m0/s1. The van der Waals surface area contributed by atoms with E-state index in [0.717, 1.165) is 11.1 Å². The Kier molecular flexibility index (Phi) is 9.91. The fourth-order valence-corrected chi connectivity index (χ4v) is 4.76. The van der Waals surface area contributed by atoms with Gasteiger partial charge < -0.3 is 20.1 Å². The van der Waals surface area contributed by atoms with Crippen molar-refractivity contribution >= 4 is 17.7 Å². The maximum absolute atomic E-state index is 13.6. The summed E-state index contributed by atoms with van der Waals surface area (Å²) in [6, 6.07) is 12.2. The Morgan fingerprint density at radius 3 is 2.46 bits per heavy atom. The van der Waals surface area contributed by atoms with Crippen LogP contribution in [0.2, 0.25) is 0 Å². The smallest absolute Gasteiger partial charge is 0.247 e. The Bertz CT molecular complexity index is 1090. The number of amides is 3. The van der Waals surface area contributed by atoms with E-state index in [4.69, 9.17) is 9.47 Å². The van der Waals surface area contributed by atoms with E-state index in [0.29, 0.717) is 42.9 Å². The molecule has 2 aliphatic rings. The minimum atomic E-state index is -0.874. The zero-order valence-electron chi connectivity index (χ0n) is 21.9. The number of methoxy groups -OCH3 is 1. The topological polar surface area (TPSA) is 126 Å². The molecule has 0 fully saturated rings. The molecule has 0 aliphatic carbocycles. The molecule has 4 bridgehead atoms. The van der Waals surface area contributed by atoms with Crippen LogP contribution in [0.25, 0.3) is 0 Å². The number of rotatable bonds is 5. The first-order chi connectivity index (χ1) is 17.7. The van der Waals surface area contributed by atoms with E-state index in [-0.39, 0.29) is 18.2 Å². The number of hydroxylamine groups is 1. The van der Waals surface area contributed by atoms with Gasteiger partial charge >= 0.3 is 0 Å². The van der Waals surface area contributed by atoms with Crippen LogP contribution in [-0.4, -0.2) is 43.1 Å². The quantitative estimate of drug-likeness (QED) is 0.360. The highest BCUT2D eigenvalue weighted by atomic mass is 16.5. The predicted molar refractivity (Wildman–Crippen MR) is 139 cm³/mol. The van der Waals surface area contributed by atoms with Crippen LogP contribution in [0, 0.1) is 17.8 Å². The predicted octanol–water partition coefficient (Wildman–Crippen LogP) is 3.38. The summed E-state index contributed by atoms with van der Waals surface area (Å²) in [5, 5.41) is 14.9. The van der Waals surface area contributed by atoms with Gasteiger partial charge in [0, 0.05) is 19.4 Å². The molecule has 2 aromatic rings. The number of likely N-dealkylation sites (N-methyl/N-ethyl adjacent to an activating group) is 1. The van der Waals surface area contributed by atoms with Gasteiger partial charge in [-0.05, 0) is 67.0 Å². The van der Waals surface area contributed by atoms with Crippen LogP contribution in [0.5, 0.6) is 17.2 Å². The van der Waals surface area contributed by atoms with Gasteiger partial charge in [0.15, 0.2) is 11.5 Å². The Balaban J connectivity index is 2.05. The molecule has 2 aromatic carbocycles. The van der Waals surface area contributed by atoms with E-state index in [2.05, 4.69) is 10.6 Å². The second kappa shape index (κ2) is 13.1. The molecule has 200 valence electrons. The molecule has 3 atom stereocenters. The number of carbonyl (C=O) groups excluding carboxylic acids is 3. The summed E-state index contributed by atoms with van der Waals surface area (Å²) < 4.78 is 11.6. The van der Waals surface area contributed by atoms with Gasteiger partial charge in [0.25, 0.3) is 0 Å². The average Bonchev–Trinajstić information content (AvgIpc) is 2.89. The van der Waals surface area contributed by atoms with Crippen molar-refractivity contribution in [1.82, 2.24) is 16.1 Å². The molecule has 2 heterocycles. The van der Waals surface area contributed by atoms with E-state index >= 15 is 0 Å². The number of fused-ring (bicyclic) bond motifs is 10. The molecule has 9 heteroatoms. The lowest BCUT2D eigenvalue weighted by molar-refractivity contribution is -0.142. The number of hydrogen-bond acceptors (Lipinski definition) is 6. The fraction of sp³-hybridized carbons (Fsp3) is 0.464. The third-order valence-electron chi connectivity index (χ3n) is 6.67. The lowest BCUT2D eigenvalue weighted by atomic mass is 9.80. The highest BCUT2D eigenvalue weighted by molar-refractivity contribution is 5.91. The summed E-state index contributed by atoms with van der Waals surface area (Å²) in [4.78, 5) is 39.1. The minimum absolute atomic E-state index is 0.117. The van der Waals surface area contributed by atoms with Crippen molar-refractivity contribution in [3.63, 3.8) is 0 Å². The van der Waals surface area contributed by atoms with Crippen molar-refractivity contribution < 1.29 is 29.1 Å². The Morgan fingerprint density at radius 1 is 1.14 bits per heavy atom. The number of benzene rings is 2. The largest absolute Gasteiger partial charge is 0.493 e. The average molecular weight is 512 g/mol. The number of carbonyl (C=O) groups is 3. The van der Waals surface area contributed by atoms with E-state index < -0.39 is 29.7 Å². The van der Waals surface area contributed by atoms with Crippen LogP contribution in [-0.2, 0) is 27.2 Å². The summed E-state index contributed by atoms with van der Waals surface area (Å²) in [5.41, 5.74) is 3.57. The summed E-state index contributed by atoms with van der Waals surface area (Å²) in [6.45, 7) is 3.95. The van der Waals surface area contributed by atoms with Crippen molar-refractivity contribution in [3.05, 3.63) is 53.6 Å². The second-order valence-corrected chi connectivity index (χ2v) is 9.82. The molecular formula is C28H37N3O6. The van der Waals surface area contributed by atoms with E-state index in [1.54, 1.807) is 24.7 Å². The van der Waals surface area contributed by atoms with E-state index in [9.17, 15) is 19.6 Å². The Labute approximate surface area is 217 Å². The maximum Gasteiger partial charge on any atom is 0.247 e. The molecule has 0 spiro atoms. The molecule has 0 aromatic heterocycles. The van der Waals surface area contributed by atoms with Gasteiger partial charge in [-0.3, -0.25) is 19.6 Å². The molecule has 3 amide bonds. The highest BCUT2D eigenvalue weighted by Gasteiger charge is 2.35. The maximum atomic E-state index is 13.6. The van der Waals surface area contributed by atoms with Crippen LogP contribution >= 0.6 is 0 Å². The van der Waals surface area contributed by atoms with Gasteiger partial charge in [-0.2, -0.15) is 0 Å². The first-order valence-corrected chi connectivity index (χ1v) is 12.6. The highest BCUT2D eigenvalue weighted by Crippen LogP contribution is 2.33. The molecule has 4 N–H and O–H groups in total. The first kappa shape index (κ1) is 28.0. The molecule has 0 saturated carbocycles. The molecule has 0 saturated heterocycles. The monoisotopic (exact) mass is 511 g/mol. The zero-order chi connectivity index (χ0) is 26.9. The van der Waals surface area contributed by atoms with Gasteiger partial charge in [0.2, 0.25) is 17.7 Å². The van der Waals surface area contributed by atoms with Crippen molar-refractivity contribution in [3.8, 4) is 17.2 Å². The van der Waals surface area contributed by atoms with Gasteiger partial charge in [-0.1, -0.05) is 32.0 Å². The van der Waals surface area contributed by atoms with Crippen LogP contribution in [0.15, 0.2) is 42.5 Å². The minimum Gasteiger partial charge on any atom is -0.493 e. The van der Waals surface area contributed by atoms with Crippen LogP contribution in [0.4, 0.5) is 0 Å². The molecule has 0 unspecified atom stereocenters. The van der Waals surface area contributed by atoms with Crippen molar-refractivity contribution in [2.75, 3.05) is 14.2 Å². The third kappa shape index (κ3) is 7.45. The third-order valence-corrected chi connectivity index (χ3v) is 6.67. The Hall–Kier alpha value is -3.59. The van der Waals surface area contributed by atoms with Crippen LogP contribution < -0.4 is 25.6 Å². The van der Waals surface area contributed by atoms with E-state index in [1.807, 2.05) is 44.2 Å². The summed E-state index contributed by atoms with van der Waals surface area (Å²) in [7, 11) is 3.07. The van der Waals surface area contributed by atoms with Crippen molar-refractivity contribution in [2.24, 2.45) is 17.8 Å². The number of hydrogen-bond donors (Lipinski definition) is 4. The van der Waals surface area contributed by atoms with E-state index in [1.165, 1.54) is 7.05 Å². The van der Waals surface area contributed by atoms with Gasteiger partial charge in [0.05, 0.1) is 13.0 Å². The molecule has 2 aliphatic heterocycles. The lowest BCUT2D eigenvalue weighted by Gasteiger charge is -2.28. The van der Waals surface area contributed by atoms with Crippen LogP contribution in [0.1, 0.15) is 44.2 Å².